The molecule has 5 heteroatoms. The SMILES string of the molecule is Fc1ccc([C@@H]2CC[C@@H]2N2C=C(Br)SC2)c(F)c1. The highest BCUT2D eigenvalue weighted by Gasteiger charge is 2.38. The molecule has 2 aliphatic rings. The molecule has 1 aliphatic heterocycles. The van der Waals surface area contributed by atoms with Gasteiger partial charge in [0.25, 0.3) is 0 Å². The number of nitrogens with zero attached hydrogens (tertiary/aromatic N) is 1. The van der Waals surface area contributed by atoms with Gasteiger partial charge in [-0.25, -0.2) is 8.78 Å². The first kappa shape index (κ1) is 12.5. The van der Waals surface area contributed by atoms with Crippen LogP contribution in [0.15, 0.2) is 28.2 Å². The summed E-state index contributed by atoms with van der Waals surface area (Å²) >= 11 is 5.20. The Morgan fingerprint density at radius 3 is 2.67 bits per heavy atom. The van der Waals surface area contributed by atoms with E-state index in [2.05, 4.69) is 27.0 Å². The first-order valence-electron chi connectivity index (χ1n) is 5.86. The molecule has 0 radical (unpaired) electrons. The zero-order chi connectivity index (χ0) is 12.7. The lowest BCUT2D eigenvalue weighted by Crippen LogP contribution is -2.42. The van der Waals surface area contributed by atoms with Gasteiger partial charge in [-0.1, -0.05) is 17.8 Å². The van der Waals surface area contributed by atoms with E-state index < -0.39 is 11.6 Å². The van der Waals surface area contributed by atoms with Crippen molar-refractivity contribution >= 4 is 27.7 Å². The number of thioether (sulfide) groups is 1. The van der Waals surface area contributed by atoms with Crippen LogP contribution < -0.4 is 0 Å². The molecule has 0 saturated heterocycles. The lowest BCUT2D eigenvalue weighted by atomic mass is 9.74. The minimum Gasteiger partial charge on any atom is -0.363 e. The normalized spacial score (nSPS) is 27.1. The predicted octanol–water partition coefficient (Wildman–Crippen LogP) is 4.41. The second-order valence-electron chi connectivity index (χ2n) is 4.64. The van der Waals surface area contributed by atoms with Gasteiger partial charge in [0.15, 0.2) is 0 Å². The van der Waals surface area contributed by atoms with Crippen molar-refractivity contribution in [2.75, 3.05) is 5.88 Å². The summed E-state index contributed by atoms with van der Waals surface area (Å²) in [5.74, 6) is 0.164. The van der Waals surface area contributed by atoms with E-state index in [9.17, 15) is 8.78 Å². The quantitative estimate of drug-likeness (QED) is 0.789. The smallest absolute Gasteiger partial charge is 0.129 e. The topological polar surface area (TPSA) is 3.24 Å². The lowest BCUT2D eigenvalue weighted by Gasteiger charge is -2.42. The number of hydrogen-bond acceptors (Lipinski definition) is 2. The Bertz CT molecular complexity index is 506. The molecular formula is C13H12BrF2NS. The molecule has 0 amide bonds. The molecule has 0 spiro atoms. The summed E-state index contributed by atoms with van der Waals surface area (Å²) in [4.78, 5) is 2.24. The van der Waals surface area contributed by atoms with Crippen LogP contribution in [0.2, 0.25) is 0 Å². The summed E-state index contributed by atoms with van der Waals surface area (Å²) in [6.45, 7) is 0. The fourth-order valence-electron chi connectivity index (χ4n) is 2.58. The van der Waals surface area contributed by atoms with E-state index in [1.54, 1.807) is 17.8 Å². The van der Waals surface area contributed by atoms with Crippen LogP contribution in [0, 0.1) is 11.6 Å². The van der Waals surface area contributed by atoms with Crippen molar-refractivity contribution in [3.8, 4) is 0 Å². The molecule has 96 valence electrons. The number of hydrogen-bond donors (Lipinski definition) is 0. The Balaban J connectivity index is 1.81. The second-order valence-corrected chi connectivity index (χ2v) is 7.00. The largest absolute Gasteiger partial charge is 0.363 e. The highest BCUT2D eigenvalue weighted by Crippen LogP contribution is 2.45. The van der Waals surface area contributed by atoms with Gasteiger partial charge < -0.3 is 4.90 Å². The average Bonchev–Trinajstić information content (AvgIpc) is 2.67. The molecule has 1 nitrogen and oxygen atoms in total. The maximum absolute atomic E-state index is 13.8. The molecule has 3 rings (SSSR count). The van der Waals surface area contributed by atoms with E-state index in [0.717, 1.165) is 28.6 Å². The molecule has 18 heavy (non-hydrogen) atoms. The molecule has 0 N–H and O–H groups in total. The minimum atomic E-state index is -0.508. The van der Waals surface area contributed by atoms with Gasteiger partial charge in [0.2, 0.25) is 0 Å². The first-order chi connectivity index (χ1) is 8.65. The Morgan fingerprint density at radius 2 is 2.11 bits per heavy atom. The van der Waals surface area contributed by atoms with Crippen LogP contribution in [0.3, 0.4) is 0 Å². The van der Waals surface area contributed by atoms with E-state index in [1.165, 1.54) is 6.07 Å². The number of halogens is 3. The first-order valence-corrected chi connectivity index (χ1v) is 7.64. The zero-order valence-electron chi connectivity index (χ0n) is 9.57. The molecule has 0 bridgehead atoms. The lowest BCUT2D eigenvalue weighted by molar-refractivity contribution is 0.171. The van der Waals surface area contributed by atoms with Crippen molar-refractivity contribution in [3.05, 3.63) is 45.4 Å². The van der Waals surface area contributed by atoms with Crippen molar-refractivity contribution in [2.45, 2.75) is 24.8 Å². The van der Waals surface area contributed by atoms with Gasteiger partial charge in [-0.15, -0.1) is 0 Å². The standard InChI is InChI=1S/C13H12BrF2NS/c14-13-6-17(7-18-13)12-4-3-10(12)9-2-1-8(15)5-11(9)16/h1-2,5-6,10,12H,3-4,7H2/t10-,12-/m0/s1. The van der Waals surface area contributed by atoms with Gasteiger partial charge >= 0.3 is 0 Å². The fourth-order valence-corrected chi connectivity index (χ4v) is 3.90. The summed E-state index contributed by atoms with van der Waals surface area (Å²) in [6, 6.07) is 4.25. The van der Waals surface area contributed by atoms with Crippen LogP contribution in [-0.4, -0.2) is 16.8 Å². The van der Waals surface area contributed by atoms with Gasteiger partial charge in [-0.05, 0) is 40.4 Å². The van der Waals surface area contributed by atoms with Crippen molar-refractivity contribution in [1.82, 2.24) is 4.90 Å². The minimum absolute atomic E-state index is 0.181. The van der Waals surface area contributed by atoms with Crippen molar-refractivity contribution in [3.63, 3.8) is 0 Å². The zero-order valence-corrected chi connectivity index (χ0v) is 12.0. The summed E-state index contributed by atoms with van der Waals surface area (Å²) < 4.78 is 27.8. The Kier molecular flexibility index (Phi) is 3.36. The van der Waals surface area contributed by atoms with Crippen molar-refractivity contribution < 1.29 is 8.78 Å². The highest BCUT2D eigenvalue weighted by atomic mass is 79.9. The maximum atomic E-state index is 13.8. The molecule has 1 heterocycles. The van der Waals surface area contributed by atoms with Crippen LogP contribution in [0.25, 0.3) is 0 Å². The third-order valence-electron chi connectivity index (χ3n) is 3.64. The number of rotatable bonds is 2. The summed E-state index contributed by atoms with van der Waals surface area (Å²) in [7, 11) is 0. The van der Waals surface area contributed by atoms with Crippen LogP contribution in [-0.2, 0) is 0 Å². The molecule has 1 aliphatic carbocycles. The van der Waals surface area contributed by atoms with Crippen LogP contribution in [0.4, 0.5) is 8.78 Å². The van der Waals surface area contributed by atoms with Crippen molar-refractivity contribution in [2.24, 2.45) is 0 Å². The molecule has 1 aromatic carbocycles. The highest BCUT2D eigenvalue weighted by molar-refractivity contribution is 9.14. The van der Waals surface area contributed by atoms with Gasteiger partial charge in [-0.3, -0.25) is 0 Å². The summed E-state index contributed by atoms with van der Waals surface area (Å²) in [6.07, 6.45) is 4.11. The van der Waals surface area contributed by atoms with E-state index in [-0.39, 0.29) is 5.92 Å². The maximum Gasteiger partial charge on any atom is 0.129 e. The van der Waals surface area contributed by atoms with Gasteiger partial charge in [0.1, 0.15) is 11.6 Å². The van der Waals surface area contributed by atoms with Crippen LogP contribution >= 0.6 is 27.7 Å². The third kappa shape index (κ3) is 2.18. The van der Waals surface area contributed by atoms with Crippen molar-refractivity contribution in [1.29, 1.82) is 0 Å². The summed E-state index contributed by atoms with van der Waals surface area (Å²) in [5, 5.41) is 0. The van der Waals surface area contributed by atoms with Gasteiger partial charge in [-0.2, -0.15) is 0 Å². The molecule has 1 aromatic rings. The molecule has 2 atom stereocenters. The van der Waals surface area contributed by atoms with E-state index in [0.29, 0.717) is 11.6 Å². The molecule has 0 aromatic heterocycles. The Labute approximate surface area is 117 Å². The van der Waals surface area contributed by atoms with Gasteiger partial charge in [0.05, 0.1) is 9.69 Å². The average molecular weight is 332 g/mol. The fraction of sp³-hybridized carbons (Fsp3) is 0.385. The van der Waals surface area contributed by atoms with Crippen LogP contribution in [0.1, 0.15) is 24.3 Å². The van der Waals surface area contributed by atoms with Gasteiger partial charge in [0, 0.05) is 24.2 Å². The Hall–Kier alpha value is -0.550. The van der Waals surface area contributed by atoms with Crippen LogP contribution in [0.5, 0.6) is 0 Å². The molecule has 1 saturated carbocycles. The molecule has 0 unspecified atom stereocenters. The van der Waals surface area contributed by atoms with E-state index >= 15 is 0 Å². The number of benzene rings is 1. The molecule has 1 fully saturated rings. The Morgan fingerprint density at radius 1 is 1.28 bits per heavy atom. The molecular weight excluding hydrogens is 320 g/mol. The monoisotopic (exact) mass is 331 g/mol. The van der Waals surface area contributed by atoms with E-state index in [4.69, 9.17) is 0 Å². The van der Waals surface area contributed by atoms with E-state index in [1.807, 2.05) is 0 Å². The second kappa shape index (κ2) is 4.85. The predicted molar refractivity (Wildman–Crippen MR) is 73.4 cm³/mol. The summed E-state index contributed by atoms with van der Waals surface area (Å²) in [5.41, 5.74) is 0.647. The third-order valence-corrected chi connectivity index (χ3v) is 5.34.